The second-order valence-electron chi connectivity index (χ2n) is 5.17. The van der Waals surface area contributed by atoms with E-state index in [1.54, 1.807) is 0 Å². The molecule has 110 valence electrons. The Hall–Kier alpha value is -1.26. The number of para-hydroxylation sites is 1. The lowest BCUT2D eigenvalue weighted by molar-refractivity contribution is 0.535. The monoisotopic (exact) mass is 319 g/mol. The molecule has 5 heteroatoms. The van der Waals surface area contributed by atoms with Gasteiger partial charge in [-0.2, -0.15) is 11.8 Å². The first kappa shape index (κ1) is 14.7. The maximum absolute atomic E-state index is 6.12. The van der Waals surface area contributed by atoms with Crippen LogP contribution in [0.1, 0.15) is 25.2 Å². The molecule has 0 N–H and O–H groups in total. The number of aromatic nitrogens is 3. The first-order chi connectivity index (χ1) is 10.3. The van der Waals surface area contributed by atoms with E-state index in [0.29, 0.717) is 11.9 Å². The van der Waals surface area contributed by atoms with Crippen LogP contribution in [0.3, 0.4) is 0 Å². The summed E-state index contributed by atoms with van der Waals surface area (Å²) in [6, 6.07) is 8.60. The lowest BCUT2D eigenvalue weighted by Gasteiger charge is -2.17. The molecule has 1 atom stereocenters. The fraction of sp³-hybridized carbons (Fsp3) is 0.375. The third-order valence-electron chi connectivity index (χ3n) is 3.80. The van der Waals surface area contributed by atoms with E-state index in [1.807, 2.05) is 36.2 Å². The highest BCUT2D eigenvalue weighted by atomic mass is 35.5. The van der Waals surface area contributed by atoms with Crippen LogP contribution in [0.15, 0.2) is 30.5 Å². The smallest absolute Gasteiger partial charge is 0.125 e. The number of alkyl halides is 1. The standard InChI is InChI=1S/C16H18ClN3S/c1-11(7-8-21-2)20-15(9-17)19-14-10-18-13-6-4-3-5-12(13)16(14)20/h3-6,10-11H,7-9H2,1-2H3. The molecule has 21 heavy (non-hydrogen) atoms. The van der Waals surface area contributed by atoms with Gasteiger partial charge in [-0.25, -0.2) is 4.98 Å². The van der Waals surface area contributed by atoms with Crippen molar-refractivity contribution in [3.63, 3.8) is 0 Å². The van der Waals surface area contributed by atoms with Gasteiger partial charge in [0.25, 0.3) is 0 Å². The largest absolute Gasteiger partial charge is 0.323 e. The Morgan fingerprint density at radius 3 is 2.86 bits per heavy atom. The van der Waals surface area contributed by atoms with Crippen molar-refractivity contribution in [3.05, 3.63) is 36.3 Å². The maximum Gasteiger partial charge on any atom is 0.125 e. The topological polar surface area (TPSA) is 30.7 Å². The van der Waals surface area contributed by atoms with Gasteiger partial charge in [0.2, 0.25) is 0 Å². The van der Waals surface area contributed by atoms with Gasteiger partial charge in [0, 0.05) is 11.4 Å². The molecule has 0 fully saturated rings. The summed E-state index contributed by atoms with van der Waals surface area (Å²) in [4.78, 5) is 9.17. The number of rotatable bonds is 5. The van der Waals surface area contributed by atoms with Crippen LogP contribution in [0, 0.1) is 0 Å². The zero-order valence-corrected chi connectivity index (χ0v) is 13.8. The Balaban J connectivity index is 2.26. The molecule has 0 saturated heterocycles. The SMILES string of the molecule is CSCCC(C)n1c(CCl)nc2cnc3ccccc3c21. The molecule has 2 heterocycles. The van der Waals surface area contributed by atoms with Crippen molar-refractivity contribution in [3.8, 4) is 0 Å². The van der Waals surface area contributed by atoms with Crippen molar-refractivity contribution in [1.29, 1.82) is 0 Å². The molecule has 0 spiro atoms. The highest BCUT2D eigenvalue weighted by Gasteiger charge is 2.17. The highest BCUT2D eigenvalue weighted by Crippen LogP contribution is 2.29. The molecule has 0 bridgehead atoms. The van der Waals surface area contributed by atoms with Crippen molar-refractivity contribution < 1.29 is 0 Å². The summed E-state index contributed by atoms with van der Waals surface area (Å²) in [5.41, 5.74) is 3.09. The van der Waals surface area contributed by atoms with E-state index in [1.165, 1.54) is 0 Å². The number of hydrogen-bond acceptors (Lipinski definition) is 3. The van der Waals surface area contributed by atoms with Gasteiger partial charge in [-0.05, 0) is 31.4 Å². The molecule has 0 saturated carbocycles. The third-order valence-corrected chi connectivity index (χ3v) is 4.68. The number of thioether (sulfide) groups is 1. The Morgan fingerprint density at radius 1 is 1.29 bits per heavy atom. The van der Waals surface area contributed by atoms with Crippen molar-refractivity contribution in [2.45, 2.75) is 25.3 Å². The van der Waals surface area contributed by atoms with Crippen LogP contribution in [-0.4, -0.2) is 26.5 Å². The summed E-state index contributed by atoms with van der Waals surface area (Å²) in [5.74, 6) is 2.48. The maximum atomic E-state index is 6.12. The van der Waals surface area contributed by atoms with E-state index >= 15 is 0 Å². The minimum absolute atomic E-state index is 0.377. The lowest BCUT2D eigenvalue weighted by Crippen LogP contribution is -2.09. The van der Waals surface area contributed by atoms with Crippen molar-refractivity contribution in [1.82, 2.24) is 14.5 Å². The summed E-state index contributed by atoms with van der Waals surface area (Å²) in [6.45, 7) is 2.24. The number of nitrogens with zero attached hydrogens (tertiary/aromatic N) is 3. The van der Waals surface area contributed by atoms with Gasteiger partial charge in [0.15, 0.2) is 0 Å². The van der Waals surface area contributed by atoms with Crippen LogP contribution < -0.4 is 0 Å². The van der Waals surface area contributed by atoms with E-state index in [0.717, 1.165) is 39.9 Å². The van der Waals surface area contributed by atoms with Gasteiger partial charge in [-0.15, -0.1) is 11.6 Å². The Kier molecular flexibility index (Phi) is 4.36. The van der Waals surface area contributed by atoms with E-state index in [9.17, 15) is 0 Å². The normalized spacial score (nSPS) is 13.1. The Labute approximate surface area is 133 Å². The van der Waals surface area contributed by atoms with Crippen LogP contribution in [0.4, 0.5) is 0 Å². The van der Waals surface area contributed by atoms with Crippen molar-refractivity contribution in [2.24, 2.45) is 0 Å². The molecule has 1 aromatic carbocycles. The summed E-state index contributed by atoms with van der Waals surface area (Å²) in [7, 11) is 0. The number of hydrogen-bond donors (Lipinski definition) is 0. The minimum atomic E-state index is 0.377. The molecular weight excluding hydrogens is 302 g/mol. The van der Waals surface area contributed by atoms with Crippen LogP contribution in [0.25, 0.3) is 21.9 Å². The van der Waals surface area contributed by atoms with Crippen LogP contribution >= 0.6 is 23.4 Å². The first-order valence-corrected chi connectivity index (χ1v) is 8.98. The predicted octanol–water partition coefficient (Wildman–Crippen LogP) is 4.64. The molecule has 0 aliphatic carbocycles. The van der Waals surface area contributed by atoms with Crippen LogP contribution in [0.2, 0.25) is 0 Å². The van der Waals surface area contributed by atoms with Crippen molar-refractivity contribution in [2.75, 3.05) is 12.0 Å². The van der Waals surface area contributed by atoms with E-state index in [2.05, 4.69) is 33.8 Å². The first-order valence-electron chi connectivity index (χ1n) is 7.05. The van der Waals surface area contributed by atoms with E-state index < -0.39 is 0 Å². The molecular formula is C16H18ClN3S. The number of imidazole rings is 1. The molecule has 2 aromatic heterocycles. The van der Waals surface area contributed by atoms with Gasteiger partial charge >= 0.3 is 0 Å². The van der Waals surface area contributed by atoms with Gasteiger partial charge in [-0.3, -0.25) is 4.98 Å². The molecule has 3 nitrogen and oxygen atoms in total. The number of pyridine rings is 1. The van der Waals surface area contributed by atoms with Gasteiger partial charge < -0.3 is 4.57 Å². The summed E-state index contributed by atoms with van der Waals surface area (Å²) >= 11 is 7.99. The zero-order valence-electron chi connectivity index (χ0n) is 12.2. The molecule has 0 radical (unpaired) electrons. The summed E-state index contributed by atoms with van der Waals surface area (Å²) in [6.07, 6.45) is 5.10. The van der Waals surface area contributed by atoms with Gasteiger partial charge in [0.1, 0.15) is 11.3 Å². The highest BCUT2D eigenvalue weighted by molar-refractivity contribution is 7.98. The van der Waals surface area contributed by atoms with Crippen LogP contribution in [0.5, 0.6) is 0 Å². The lowest BCUT2D eigenvalue weighted by atomic mass is 10.1. The number of benzene rings is 1. The molecule has 1 unspecified atom stereocenters. The molecule has 0 aliphatic rings. The quantitative estimate of drug-likeness (QED) is 0.642. The predicted molar refractivity (Wildman–Crippen MR) is 92.3 cm³/mol. The minimum Gasteiger partial charge on any atom is -0.323 e. The second kappa shape index (κ2) is 6.24. The number of fused-ring (bicyclic) bond motifs is 3. The molecule has 0 amide bonds. The van der Waals surface area contributed by atoms with E-state index in [4.69, 9.17) is 11.6 Å². The van der Waals surface area contributed by atoms with Gasteiger partial charge in [0.05, 0.1) is 23.1 Å². The third kappa shape index (κ3) is 2.62. The average molecular weight is 320 g/mol. The second-order valence-corrected chi connectivity index (χ2v) is 6.42. The van der Waals surface area contributed by atoms with Crippen molar-refractivity contribution >= 4 is 45.3 Å². The molecule has 3 rings (SSSR count). The van der Waals surface area contributed by atoms with E-state index in [-0.39, 0.29) is 0 Å². The average Bonchev–Trinajstić information content (AvgIpc) is 2.91. The Morgan fingerprint density at radius 2 is 2.10 bits per heavy atom. The molecule has 3 aromatic rings. The van der Waals surface area contributed by atoms with Crippen LogP contribution in [-0.2, 0) is 5.88 Å². The summed E-state index contributed by atoms with van der Waals surface area (Å²) in [5, 5.41) is 1.15. The fourth-order valence-corrected chi connectivity index (χ4v) is 3.53. The van der Waals surface area contributed by atoms with Gasteiger partial charge in [-0.1, -0.05) is 18.2 Å². The molecule has 0 aliphatic heterocycles. The Bertz CT molecular complexity index is 769. The number of halogens is 1. The fourth-order valence-electron chi connectivity index (χ4n) is 2.76. The zero-order chi connectivity index (χ0) is 14.8. The summed E-state index contributed by atoms with van der Waals surface area (Å²) < 4.78 is 2.29.